The highest BCUT2D eigenvalue weighted by molar-refractivity contribution is 5.83. The molecule has 3 rings (SSSR count). The summed E-state index contributed by atoms with van der Waals surface area (Å²) in [5.41, 5.74) is 1.44. The highest BCUT2D eigenvalue weighted by Gasteiger charge is 2.37. The summed E-state index contributed by atoms with van der Waals surface area (Å²) in [6, 6.07) is 15.7. The fourth-order valence-corrected chi connectivity index (χ4v) is 3.31. The maximum absolute atomic E-state index is 12.9. The van der Waals surface area contributed by atoms with Crippen LogP contribution in [0.25, 0.3) is 0 Å². The van der Waals surface area contributed by atoms with E-state index in [9.17, 15) is 14.0 Å². The highest BCUT2D eigenvalue weighted by Crippen LogP contribution is 2.31. The van der Waals surface area contributed by atoms with Crippen LogP contribution in [-0.2, 0) is 17.9 Å². The monoisotopic (exact) mass is 383 g/mol. The summed E-state index contributed by atoms with van der Waals surface area (Å²) >= 11 is 0. The number of likely N-dealkylation sites (tertiary alicyclic amines) is 1. The van der Waals surface area contributed by atoms with Crippen molar-refractivity contribution in [3.8, 4) is 0 Å². The third-order valence-corrected chi connectivity index (χ3v) is 5.36. The molecule has 0 saturated carbocycles. The highest BCUT2D eigenvalue weighted by atomic mass is 19.1. The topological polar surface area (TPSA) is 61.4 Å². The van der Waals surface area contributed by atoms with E-state index in [0.29, 0.717) is 39.0 Å². The van der Waals surface area contributed by atoms with Crippen LogP contribution in [0.5, 0.6) is 0 Å². The number of rotatable bonds is 5. The Labute approximate surface area is 164 Å². The Morgan fingerprint density at radius 2 is 1.50 bits per heavy atom. The van der Waals surface area contributed by atoms with E-state index in [1.807, 2.05) is 37.3 Å². The van der Waals surface area contributed by atoms with Crippen LogP contribution < -0.4 is 10.6 Å². The number of urea groups is 1. The first kappa shape index (κ1) is 19.9. The van der Waals surface area contributed by atoms with E-state index in [1.54, 1.807) is 17.0 Å². The summed E-state index contributed by atoms with van der Waals surface area (Å²) in [5, 5.41) is 5.87. The number of carbonyl (C=O) groups excluding carboxylic acids is 2. The van der Waals surface area contributed by atoms with Gasteiger partial charge in [0, 0.05) is 31.6 Å². The molecule has 0 atom stereocenters. The molecule has 1 heterocycles. The van der Waals surface area contributed by atoms with Crippen LogP contribution in [0.4, 0.5) is 9.18 Å². The van der Waals surface area contributed by atoms with Crippen LogP contribution in [0.1, 0.15) is 30.9 Å². The van der Waals surface area contributed by atoms with E-state index in [1.165, 1.54) is 12.1 Å². The zero-order valence-electron chi connectivity index (χ0n) is 16.1. The summed E-state index contributed by atoms with van der Waals surface area (Å²) < 4.78 is 12.9. The van der Waals surface area contributed by atoms with Gasteiger partial charge in [0.05, 0.1) is 0 Å². The Kier molecular flexibility index (Phi) is 6.29. The second-order valence-electron chi connectivity index (χ2n) is 7.50. The van der Waals surface area contributed by atoms with Crippen LogP contribution in [0.15, 0.2) is 54.6 Å². The number of nitrogens with zero attached hydrogens (tertiary/aromatic N) is 1. The van der Waals surface area contributed by atoms with E-state index < -0.39 is 5.41 Å². The molecule has 0 unspecified atom stereocenters. The number of benzene rings is 2. The molecule has 2 aromatic rings. The van der Waals surface area contributed by atoms with Crippen LogP contribution in [0.2, 0.25) is 0 Å². The summed E-state index contributed by atoms with van der Waals surface area (Å²) in [6.07, 6.45) is 1.25. The van der Waals surface area contributed by atoms with Crippen molar-refractivity contribution in [2.24, 2.45) is 5.41 Å². The molecule has 0 spiro atoms. The minimum Gasteiger partial charge on any atom is -0.352 e. The standard InChI is InChI=1S/C22H26FN3O2/c1-22(20(27)24-15-17-5-3-2-4-6-17)11-13-26(14-12-22)21(28)25-16-18-7-9-19(23)10-8-18/h2-10H,11-16H2,1H3,(H,24,27)(H,25,28). The Balaban J connectivity index is 1.45. The second-order valence-corrected chi connectivity index (χ2v) is 7.50. The van der Waals surface area contributed by atoms with E-state index in [4.69, 9.17) is 0 Å². The molecule has 0 aromatic heterocycles. The molecular weight excluding hydrogens is 357 g/mol. The summed E-state index contributed by atoms with van der Waals surface area (Å²) in [6.45, 7) is 3.89. The van der Waals surface area contributed by atoms with Gasteiger partial charge < -0.3 is 15.5 Å². The molecule has 1 aliphatic rings. The molecule has 1 saturated heterocycles. The molecule has 0 bridgehead atoms. The number of hydrogen-bond acceptors (Lipinski definition) is 2. The van der Waals surface area contributed by atoms with Gasteiger partial charge in [-0.05, 0) is 36.1 Å². The molecule has 148 valence electrons. The van der Waals surface area contributed by atoms with E-state index in [-0.39, 0.29) is 17.8 Å². The molecule has 1 fully saturated rings. The van der Waals surface area contributed by atoms with Gasteiger partial charge in [-0.25, -0.2) is 9.18 Å². The first-order valence-corrected chi connectivity index (χ1v) is 9.56. The normalized spacial score (nSPS) is 15.7. The van der Waals surface area contributed by atoms with Gasteiger partial charge in [0.25, 0.3) is 0 Å². The number of nitrogens with one attached hydrogen (secondary N) is 2. The van der Waals surface area contributed by atoms with Gasteiger partial charge in [-0.2, -0.15) is 0 Å². The number of amides is 3. The first-order chi connectivity index (χ1) is 13.5. The lowest BCUT2D eigenvalue weighted by molar-refractivity contribution is -0.132. The van der Waals surface area contributed by atoms with Crippen molar-refractivity contribution in [2.45, 2.75) is 32.9 Å². The SMILES string of the molecule is CC1(C(=O)NCc2ccccc2)CCN(C(=O)NCc2ccc(F)cc2)CC1. The Morgan fingerprint density at radius 3 is 2.14 bits per heavy atom. The van der Waals surface area contributed by atoms with Crippen molar-refractivity contribution in [2.75, 3.05) is 13.1 Å². The molecule has 6 heteroatoms. The van der Waals surface area contributed by atoms with Crippen LogP contribution in [0, 0.1) is 11.2 Å². The fourth-order valence-electron chi connectivity index (χ4n) is 3.31. The first-order valence-electron chi connectivity index (χ1n) is 9.56. The quantitative estimate of drug-likeness (QED) is 0.831. The van der Waals surface area contributed by atoms with Crippen molar-refractivity contribution in [3.05, 3.63) is 71.5 Å². The zero-order chi connectivity index (χ0) is 20.0. The number of hydrogen-bond donors (Lipinski definition) is 2. The van der Waals surface area contributed by atoms with Gasteiger partial charge in [0.2, 0.25) is 5.91 Å². The second kappa shape index (κ2) is 8.87. The third-order valence-electron chi connectivity index (χ3n) is 5.36. The predicted molar refractivity (Wildman–Crippen MR) is 106 cm³/mol. The fraction of sp³-hybridized carbons (Fsp3) is 0.364. The van der Waals surface area contributed by atoms with Gasteiger partial charge >= 0.3 is 6.03 Å². The predicted octanol–water partition coefficient (Wildman–Crippen LogP) is 3.45. The Hall–Kier alpha value is -2.89. The summed E-state index contributed by atoms with van der Waals surface area (Å²) in [4.78, 5) is 26.7. The lowest BCUT2D eigenvalue weighted by Crippen LogP contribution is -2.50. The van der Waals surface area contributed by atoms with Crippen molar-refractivity contribution in [3.63, 3.8) is 0 Å². The molecule has 1 aliphatic heterocycles. The molecule has 0 aliphatic carbocycles. The van der Waals surface area contributed by atoms with Crippen molar-refractivity contribution >= 4 is 11.9 Å². The molecule has 3 amide bonds. The van der Waals surface area contributed by atoms with Crippen LogP contribution in [0.3, 0.4) is 0 Å². The average molecular weight is 383 g/mol. The third kappa shape index (κ3) is 5.09. The molecular formula is C22H26FN3O2. The summed E-state index contributed by atoms with van der Waals surface area (Å²) in [5.74, 6) is -0.265. The van der Waals surface area contributed by atoms with Crippen LogP contribution in [-0.4, -0.2) is 29.9 Å². The lowest BCUT2D eigenvalue weighted by atomic mass is 9.79. The zero-order valence-corrected chi connectivity index (χ0v) is 16.1. The Morgan fingerprint density at radius 1 is 0.929 bits per heavy atom. The van der Waals surface area contributed by atoms with E-state index >= 15 is 0 Å². The van der Waals surface area contributed by atoms with Gasteiger partial charge in [-0.15, -0.1) is 0 Å². The molecule has 28 heavy (non-hydrogen) atoms. The minimum absolute atomic E-state index is 0.0303. The lowest BCUT2D eigenvalue weighted by Gasteiger charge is -2.38. The minimum atomic E-state index is -0.470. The maximum Gasteiger partial charge on any atom is 0.317 e. The average Bonchev–Trinajstić information content (AvgIpc) is 2.72. The molecule has 2 aromatic carbocycles. The molecule has 2 N–H and O–H groups in total. The summed E-state index contributed by atoms with van der Waals surface area (Å²) in [7, 11) is 0. The largest absolute Gasteiger partial charge is 0.352 e. The Bertz CT molecular complexity index is 800. The van der Waals surface area contributed by atoms with E-state index in [0.717, 1.165) is 11.1 Å². The van der Waals surface area contributed by atoms with Gasteiger partial charge in [-0.3, -0.25) is 4.79 Å². The van der Waals surface area contributed by atoms with Crippen LogP contribution >= 0.6 is 0 Å². The van der Waals surface area contributed by atoms with Gasteiger partial charge in [-0.1, -0.05) is 49.4 Å². The van der Waals surface area contributed by atoms with Gasteiger partial charge in [0.15, 0.2) is 0 Å². The maximum atomic E-state index is 12.9. The van der Waals surface area contributed by atoms with Crippen molar-refractivity contribution < 1.29 is 14.0 Å². The van der Waals surface area contributed by atoms with E-state index in [2.05, 4.69) is 10.6 Å². The van der Waals surface area contributed by atoms with Gasteiger partial charge in [0.1, 0.15) is 5.82 Å². The van der Waals surface area contributed by atoms with Crippen molar-refractivity contribution in [1.82, 2.24) is 15.5 Å². The number of piperidine rings is 1. The molecule has 0 radical (unpaired) electrons. The van der Waals surface area contributed by atoms with Crippen molar-refractivity contribution in [1.29, 1.82) is 0 Å². The number of carbonyl (C=O) groups is 2. The number of halogens is 1. The smallest absolute Gasteiger partial charge is 0.317 e. The molecule has 5 nitrogen and oxygen atoms in total.